The summed E-state index contributed by atoms with van der Waals surface area (Å²) in [6.45, 7) is 5.88. The average Bonchev–Trinajstić information content (AvgIpc) is 2.46. The molecular weight excluding hydrogens is 250 g/mol. The molecule has 5 nitrogen and oxygen atoms in total. The van der Waals surface area contributed by atoms with Crippen LogP contribution in [0.25, 0.3) is 0 Å². The van der Waals surface area contributed by atoms with Crippen molar-refractivity contribution < 1.29 is 0 Å². The zero-order chi connectivity index (χ0) is 14.4. The number of benzene rings is 1. The van der Waals surface area contributed by atoms with Gasteiger partial charge in [-0.1, -0.05) is 25.1 Å². The van der Waals surface area contributed by atoms with E-state index >= 15 is 0 Å². The second-order valence-electron chi connectivity index (χ2n) is 4.48. The lowest BCUT2D eigenvalue weighted by molar-refractivity contribution is 0.953. The second kappa shape index (κ2) is 6.75. The summed E-state index contributed by atoms with van der Waals surface area (Å²) in [5.41, 5.74) is 6.91. The molecule has 0 bridgehead atoms. The molecule has 0 unspecified atom stereocenters. The molecule has 5 heteroatoms. The molecule has 0 radical (unpaired) electrons. The van der Waals surface area contributed by atoms with Gasteiger partial charge in [-0.15, -0.1) is 0 Å². The minimum Gasteiger partial charge on any atom is -0.370 e. The molecule has 0 saturated carbocycles. The van der Waals surface area contributed by atoms with E-state index in [0.29, 0.717) is 0 Å². The van der Waals surface area contributed by atoms with Crippen molar-refractivity contribution in [3.63, 3.8) is 0 Å². The summed E-state index contributed by atoms with van der Waals surface area (Å²) < 4.78 is 0. The second-order valence-corrected chi connectivity index (χ2v) is 4.48. The van der Waals surface area contributed by atoms with Crippen LogP contribution < -0.4 is 16.0 Å². The van der Waals surface area contributed by atoms with E-state index in [1.165, 1.54) is 0 Å². The van der Waals surface area contributed by atoms with E-state index < -0.39 is 0 Å². The van der Waals surface area contributed by atoms with Crippen LogP contribution in [0.15, 0.2) is 36.4 Å². The van der Waals surface area contributed by atoms with Crippen molar-refractivity contribution in [1.29, 1.82) is 0 Å². The zero-order valence-electron chi connectivity index (χ0n) is 12.0. The SMILES string of the molecule is CCCNc1cc(N(CC)c2ccccc2)nc(N)n1. The van der Waals surface area contributed by atoms with Gasteiger partial charge in [0, 0.05) is 24.8 Å². The van der Waals surface area contributed by atoms with Gasteiger partial charge in [-0.05, 0) is 25.5 Å². The van der Waals surface area contributed by atoms with Crippen LogP contribution in [-0.2, 0) is 0 Å². The number of nitrogens with one attached hydrogen (secondary N) is 1. The Kier molecular flexibility index (Phi) is 4.76. The van der Waals surface area contributed by atoms with E-state index in [4.69, 9.17) is 5.73 Å². The lowest BCUT2D eigenvalue weighted by Crippen LogP contribution is -2.18. The first-order valence-corrected chi connectivity index (χ1v) is 6.95. The minimum atomic E-state index is 0.287. The van der Waals surface area contributed by atoms with Crippen molar-refractivity contribution in [3.8, 4) is 0 Å². The maximum Gasteiger partial charge on any atom is 0.223 e. The highest BCUT2D eigenvalue weighted by atomic mass is 15.2. The summed E-state index contributed by atoms with van der Waals surface area (Å²) in [6, 6.07) is 12.1. The molecular formula is C15H21N5. The van der Waals surface area contributed by atoms with Crippen molar-refractivity contribution >= 4 is 23.3 Å². The molecule has 0 aliphatic rings. The van der Waals surface area contributed by atoms with Crippen LogP contribution in [0.5, 0.6) is 0 Å². The van der Waals surface area contributed by atoms with E-state index in [9.17, 15) is 0 Å². The van der Waals surface area contributed by atoms with Gasteiger partial charge in [0.15, 0.2) is 0 Å². The third-order valence-electron chi connectivity index (χ3n) is 2.95. The number of hydrogen-bond acceptors (Lipinski definition) is 5. The van der Waals surface area contributed by atoms with Gasteiger partial charge in [0.1, 0.15) is 11.6 Å². The Morgan fingerprint density at radius 1 is 1.15 bits per heavy atom. The lowest BCUT2D eigenvalue weighted by Gasteiger charge is -2.22. The average molecular weight is 271 g/mol. The Balaban J connectivity index is 2.32. The Hall–Kier alpha value is -2.30. The van der Waals surface area contributed by atoms with Gasteiger partial charge in [-0.2, -0.15) is 9.97 Å². The summed E-state index contributed by atoms with van der Waals surface area (Å²) in [5, 5.41) is 3.25. The normalized spacial score (nSPS) is 10.3. The molecule has 106 valence electrons. The van der Waals surface area contributed by atoms with Gasteiger partial charge in [-0.25, -0.2) is 0 Å². The van der Waals surface area contributed by atoms with E-state index in [1.807, 2.05) is 24.3 Å². The third kappa shape index (κ3) is 3.38. The predicted octanol–water partition coefficient (Wildman–Crippen LogP) is 3.04. The van der Waals surface area contributed by atoms with E-state index in [2.05, 4.69) is 46.2 Å². The van der Waals surface area contributed by atoms with Crippen molar-refractivity contribution in [2.75, 3.05) is 29.0 Å². The number of aromatic nitrogens is 2. The molecule has 3 N–H and O–H groups in total. The van der Waals surface area contributed by atoms with Crippen LogP contribution in [0.1, 0.15) is 20.3 Å². The number of para-hydroxylation sites is 1. The minimum absolute atomic E-state index is 0.287. The molecule has 0 aliphatic heterocycles. The van der Waals surface area contributed by atoms with Crippen LogP contribution in [0.2, 0.25) is 0 Å². The number of nitrogens with two attached hydrogens (primary N) is 1. The topological polar surface area (TPSA) is 67.1 Å². The van der Waals surface area contributed by atoms with Crippen molar-refractivity contribution in [2.45, 2.75) is 20.3 Å². The molecule has 2 rings (SSSR count). The first-order chi connectivity index (χ1) is 9.74. The Labute approximate surface area is 119 Å². The van der Waals surface area contributed by atoms with Crippen molar-refractivity contribution in [1.82, 2.24) is 9.97 Å². The molecule has 0 aliphatic carbocycles. The number of nitrogens with zero attached hydrogens (tertiary/aromatic N) is 3. The van der Waals surface area contributed by atoms with E-state index in [0.717, 1.165) is 36.8 Å². The van der Waals surface area contributed by atoms with Gasteiger partial charge >= 0.3 is 0 Å². The zero-order valence-corrected chi connectivity index (χ0v) is 12.0. The molecule has 20 heavy (non-hydrogen) atoms. The highest BCUT2D eigenvalue weighted by Gasteiger charge is 2.11. The van der Waals surface area contributed by atoms with Gasteiger partial charge in [-0.3, -0.25) is 0 Å². The fourth-order valence-electron chi connectivity index (χ4n) is 2.02. The molecule has 0 spiro atoms. The highest BCUT2D eigenvalue weighted by Crippen LogP contribution is 2.25. The number of nitrogen functional groups attached to an aromatic ring is 1. The van der Waals surface area contributed by atoms with Gasteiger partial charge in [0.25, 0.3) is 0 Å². The number of rotatable bonds is 6. The smallest absolute Gasteiger partial charge is 0.223 e. The first kappa shape index (κ1) is 14.1. The standard InChI is InChI=1S/C15H21N5/c1-3-10-17-13-11-14(19-15(16)18-13)20(4-2)12-8-6-5-7-9-12/h5-9,11H,3-4,10H2,1-2H3,(H3,16,17,18,19). The fourth-order valence-corrected chi connectivity index (χ4v) is 2.02. The molecule has 2 aromatic rings. The highest BCUT2D eigenvalue weighted by molar-refractivity contribution is 5.63. The van der Waals surface area contributed by atoms with Crippen LogP contribution >= 0.6 is 0 Å². The summed E-state index contributed by atoms with van der Waals surface area (Å²) in [5.74, 6) is 1.86. The number of anilines is 4. The quantitative estimate of drug-likeness (QED) is 0.845. The fraction of sp³-hybridized carbons (Fsp3) is 0.333. The molecule has 1 heterocycles. The monoisotopic (exact) mass is 271 g/mol. The van der Waals surface area contributed by atoms with Gasteiger partial charge in [0.2, 0.25) is 5.95 Å². The third-order valence-corrected chi connectivity index (χ3v) is 2.95. The Morgan fingerprint density at radius 2 is 1.90 bits per heavy atom. The molecule has 0 fully saturated rings. The molecule has 0 amide bonds. The lowest BCUT2D eigenvalue weighted by atomic mass is 10.3. The Morgan fingerprint density at radius 3 is 2.55 bits per heavy atom. The summed E-state index contributed by atoms with van der Waals surface area (Å²) in [6.07, 6.45) is 1.04. The van der Waals surface area contributed by atoms with Crippen molar-refractivity contribution in [2.24, 2.45) is 0 Å². The first-order valence-electron chi connectivity index (χ1n) is 6.95. The van der Waals surface area contributed by atoms with Gasteiger partial charge < -0.3 is 16.0 Å². The van der Waals surface area contributed by atoms with Crippen LogP contribution in [-0.4, -0.2) is 23.1 Å². The summed E-state index contributed by atoms with van der Waals surface area (Å²) in [4.78, 5) is 10.7. The van der Waals surface area contributed by atoms with Crippen LogP contribution in [0, 0.1) is 0 Å². The van der Waals surface area contributed by atoms with Crippen LogP contribution in [0.4, 0.5) is 23.3 Å². The Bertz CT molecular complexity index is 541. The van der Waals surface area contributed by atoms with E-state index in [1.54, 1.807) is 0 Å². The molecule has 1 aromatic heterocycles. The maximum atomic E-state index is 5.81. The molecule has 0 saturated heterocycles. The molecule has 0 atom stereocenters. The molecule has 1 aromatic carbocycles. The van der Waals surface area contributed by atoms with Gasteiger partial charge in [0.05, 0.1) is 0 Å². The van der Waals surface area contributed by atoms with Crippen LogP contribution in [0.3, 0.4) is 0 Å². The van der Waals surface area contributed by atoms with Crippen molar-refractivity contribution in [3.05, 3.63) is 36.4 Å². The van der Waals surface area contributed by atoms with E-state index in [-0.39, 0.29) is 5.95 Å². The predicted molar refractivity (Wildman–Crippen MR) is 84.3 cm³/mol. The summed E-state index contributed by atoms with van der Waals surface area (Å²) in [7, 11) is 0. The largest absolute Gasteiger partial charge is 0.370 e. The number of hydrogen-bond donors (Lipinski definition) is 2. The maximum absolute atomic E-state index is 5.81. The summed E-state index contributed by atoms with van der Waals surface area (Å²) >= 11 is 0.